The van der Waals surface area contributed by atoms with Crippen LogP contribution in [0.1, 0.15) is 18.4 Å². The second-order valence-electron chi connectivity index (χ2n) is 5.45. The lowest BCUT2D eigenvalue weighted by atomic mass is 9.73. The lowest BCUT2D eigenvalue weighted by Gasteiger charge is -2.36. The number of carbonyl (C=O) groups is 2. The van der Waals surface area contributed by atoms with E-state index in [0.29, 0.717) is 25.0 Å². The normalized spacial score (nSPS) is 20.0. The van der Waals surface area contributed by atoms with Crippen molar-refractivity contribution < 1.29 is 9.59 Å². The highest BCUT2D eigenvalue weighted by molar-refractivity contribution is 6.32. The van der Waals surface area contributed by atoms with Crippen LogP contribution >= 0.6 is 0 Å². The number of allylic oxidation sites excluding steroid dienone is 3. The summed E-state index contributed by atoms with van der Waals surface area (Å²) >= 11 is 0. The van der Waals surface area contributed by atoms with Crippen LogP contribution in [-0.4, -0.2) is 23.1 Å². The van der Waals surface area contributed by atoms with Crippen LogP contribution in [0.15, 0.2) is 61.3 Å². The molecule has 3 nitrogen and oxygen atoms in total. The third kappa shape index (κ3) is 2.05. The minimum Gasteiger partial charge on any atom is -0.314 e. The Morgan fingerprint density at radius 1 is 1.14 bits per heavy atom. The Labute approximate surface area is 124 Å². The lowest BCUT2D eigenvalue weighted by Crippen LogP contribution is -2.49. The highest BCUT2D eigenvalue weighted by atomic mass is 16.2. The van der Waals surface area contributed by atoms with E-state index in [1.165, 1.54) is 0 Å². The van der Waals surface area contributed by atoms with Crippen LogP contribution in [0.25, 0.3) is 5.57 Å². The molecule has 0 N–H and O–H groups in total. The Morgan fingerprint density at radius 2 is 1.81 bits per heavy atom. The van der Waals surface area contributed by atoms with Gasteiger partial charge in [-0.05, 0) is 18.4 Å². The Morgan fingerprint density at radius 3 is 2.43 bits per heavy atom. The van der Waals surface area contributed by atoms with Crippen LogP contribution in [-0.2, 0) is 9.59 Å². The molecule has 0 radical (unpaired) electrons. The number of rotatable bonds is 3. The van der Waals surface area contributed by atoms with E-state index in [1.54, 1.807) is 17.2 Å². The third-order valence-corrected chi connectivity index (χ3v) is 4.14. The number of hydrogen-bond donors (Lipinski definition) is 0. The Balaban J connectivity index is 2.10. The molecule has 1 aliphatic carbocycles. The first-order valence-corrected chi connectivity index (χ1v) is 7.08. The van der Waals surface area contributed by atoms with Gasteiger partial charge in [0.2, 0.25) is 5.91 Å². The van der Waals surface area contributed by atoms with Crippen molar-refractivity contribution in [3.8, 4) is 0 Å². The van der Waals surface area contributed by atoms with E-state index in [2.05, 4.69) is 6.58 Å². The van der Waals surface area contributed by atoms with Gasteiger partial charge in [-0.2, -0.15) is 0 Å². The second kappa shape index (κ2) is 5.17. The standard InChI is InChI=1S/C18H17NO2/c1-2-12-19-13-15(14-8-4-3-5-9-14)16(20)18(17(19)21)10-6-7-11-18/h2-9,13H,1,10-12H2. The van der Waals surface area contributed by atoms with Crippen molar-refractivity contribution >= 4 is 17.3 Å². The minimum atomic E-state index is -0.942. The van der Waals surface area contributed by atoms with Crippen molar-refractivity contribution in [2.45, 2.75) is 12.8 Å². The molecular weight excluding hydrogens is 262 g/mol. The van der Waals surface area contributed by atoms with E-state index >= 15 is 0 Å². The Bertz CT molecular complexity index is 647. The highest BCUT2D eigenvalue weighted by Gasteiger charge is 2.51. The maximum atomic E-state index is 12.9. The Hall–Kier alpha value is -2.42. The van der Waals surface area contributed by atoms with E-state index in [1.807, 2.05) is 42.5 Å². The molecular formula is C18H17NO2. The van der Waals surface area contributed by atoms with Crippen molar-refractivity contribution in [3.05, 3.63) is 66.9 Å². The summed E-state index contributed by atoms with van der Waals surface area (Å²) in [7, 11) is 0. The van der Waals surface area contributed by atoms with E-state index in [-0.39, 0.29) is 11.7 Å². The SMILES string of the molecule is C=CCN1C=C(c2ccccc2)C(=O)C2(CC=CC2)C1=O. The predicted molar refractivity (Wildman–Crippen MR) is 82.1 cm³/mol. The monoisotopic (exact) mass is 279 g/mol. The number of ketones is 1. The molecule has 0 unspecified atom stereocenters. The van der Waals surface area contributed by atoms with Gasteiger partial charge in [-0.1, -0.05) is 48.6 Å². The molecule has 0 aromatic heterocycles. The van der Waals surface area contributed by atoms with Crippen LogP contribution in [0, 0.1) is 5.41 Å². The van der Waals surface area contributed by atoms with Crippen LogP contribution < -0.4 is 0 Å². The predicted octanol–water partition coefficient (Wildman–Crippen LogP) is 2.96. The summed E-state index contributed by atoms with van der Waals surface area (Å²) in [5.74, 6) is -0.180. The summed E-state index contributed by atoms with van der Waals surface area (Å²) in [6.45, 7) is 4.12. The average Bonchev–Trinajstić information content (AvgIpc) is 3.00. The largest absolute Gasteiger partial charge is 0.314 e. The van der Waals surface area contributed by atoms with E-state index in [0.717, 1.165) is 5.56 Å². The molecule has 1 amide bonds. The smallest absolute Gasteiger partial charge is 0.241 e. The molecule has 0 fully saturated rings. The average molecular weight is 279 g/mol. The first kappa shape index (κ1) is 13.6. The fraction of sp³-hybridized carbons (Fsp3) is 0.222. The van der Waals surface area contributed by atoms with Crippen molar-refractivity contribution in [2.75, 3.05) is 6.54 Å². The summed E-state index contributed by atoms with van der Waals surface area (Å²) in [6, 6.07) is 9.52. The molecule has 0 saturated carbocycles. The molecule has 3 heteroatoms. The number of nitrogens with zero attached hydrogens (tertiary/aromatic N) is 1. The van der Waals surface area contributed by atoms with Gasteiger partial charge in [0.25, 0.3) is 0 Å². The summed E-state index contributed by atoms with van der Waals surface area (Å²) < 4.78 is 0. The van der Waals surface area contributed by atoms with Gasteiger partial charge in [-0.3, -0.25) is 9.59 Å². The van der Waals surface area contributed by atoms with Gasteiger partial charge in [0.1, 0.15) is 5.41 Å². The second-order valence-corrected chi connectivity index (χ2v) is 5.45. The maximum absolute atomic E-state index is 12.9. The molecule has 0 atom stereocenters. The zero-order valence-electron chi connectivity index (χ0n) is 11.8. The summed E-state index contributed by atoms with van der Waals surface area (Å²) in [4.78, 5) is 27.2. The van der Waals surface area contributed by atoms with Gasteiger partial charge in [-0.15, -0.1) is 6.58 Å². The molecule has 2 aliphatic rings. The van der Waals surface area contributed by atoms with Gasteiger partial charge in [0.05, 0.1) is 0 Å². The van der Waals surface area contributed by atoms with Crippen LogP contribution in [0.5, 0.6) is 0 Å². The number of hydrogen-bond acceptors (Lipinski definition) is 2. The van der Waals surface area contributed by atoms with Crippen LogP contribution in [0.4, 0.5) is 0 Å². The van der Waals surface area contributed by atoms with Gasteiger partial charge < -0.3 is 4.90 Å². The number of Topliss-reactive ketones (excluding diaryl/α,β-unsaturated/α-hetero) is 1. The van der Waals surface area contributed by atoms with Crippen molar-refractivity contribution in [2.24, 2.45) is 5.41 Å². The zero-order valence-corrected chi connectivity index (χ0v) is 11.8. The van der Waals surface area contributed by atoms with Gasteiger partial charge >= 0.3 is 0 Å². The maximum Gasteiger partial charge on any atom is 0.241 e. The fourth-order valence-electron chi connectivity index (χ4n) is 3.01. The first-order valence-electron chi connectivity index (χ1n) is 7.08. The molecule has 1 aromatic rings. The fourth-order valence-corrected chi connectivity index (χ4v) is 3.01. The summed E-state index contributed by atoms with van der Waals surface area (Å²) in [5, 5.41) is 0. The molecule has 106 valence electrons. The topological polar surface area (TPSA) is 37.4 Å². The minimum absolute atomic E-state index is 0.0657. The molecule has 3 rings (SSSR count). The first-order chi connectivity index (χ1) is 10.2. The van der Waals surface area contributed by atoms with E-state index in [9.17, 15) is 9.59 Å². The van der Waals surface area contributed by atoms with Crippen molar-refractivity contribution in [3.63, 3.8) is 0 Å². The summed E-state index contributed by atoms with van der Waals surface area (Å²) in [5.41, 5.74) is 0.527. The van der Waals surface area contributed by atoms with Crippen LogP contribution in [0.3, 0.4) is 0 Å². The van der Waals surface area contributed by atoms with Gasteiger partial charge in [0, 0.05) is 18.3 Å². The van der Waals surface area contributed by atoms with Crippen molar-refractivity contribution in [1.29, 1.82) is 0 Å². The number of benzene rings is 1. The van der Waals surface area contributed by atoms with Crippen LogP contribution in [0.2, 0.25) is 0 Å². The van der Waals surface area contributed by atoms with Gasteiger partial charge in [0.15, 0.2) is 5.78 Å². The molecule has 21 heavy (non-hydrogen) atoms. The molecule has 1 aliphatic heterocycles. The highest BCUT2D eigenvalue weighted by Crippen LogP contribution is 2.43. The lowest BCUT2D eigenvalue weighted by molar-refractivity contribution is -0.145. The zero-order chi connectivity index (χ0) is 14.9. The molecule has 1 heterocycles. The van der Waals surface area contributed by atoms with E-state index < -0.39 is 5.41 Å². The van der Waals surface area contributed by atoms with Gasteiger partial charge in [-0.25, -0.2) is 0 Å². The van der Waals surface area contributed by atoms with Crippen molar-refractivity contribution in [1.82, 2.24) is 4.90 Å². The molecule has 0 bridgehead atoms. The van der Waals surface area contributed by atoms with E-state index in [4.69, 9.17) is 0 Å². The Kier molecular flexibility index (Phi) is 3.34. The molecule has 0 saturated heterocycles. The molecule has 1 spiro atoms. The summed E-state index contributed by atoms with van der Waals surface area (Å²) in [6.07, 6.45) is 8.19. The third-order valence-electron chi connectivity index (χ3n) is 4.14. The quantitative estimate of drug-likeness (QED) is 0.630. The number of amides is 1. The molecule has 1 aromatic carbocycles. The number of carbonyl (C=O) groups excluding carboxylic acids is 2.